The van der Waals surface area contributed by atoms with Crippen molar-refractivity contribution in [1.82, 2.24) is 0 Å². The highest BCUT2D eigenvalue weighted by Crippen LogP contribution is 2.49. The molecule has 0 aliphatic carbocycles. The summed E-state index contributed by atoms with van der Waals surface area (Å²) in [5, 5.41) is -1.62. The molecule has 0 aliphatic rings. The predicted octanol–water partition coefficient (Wildman–Crippen LogP) is 11.4. The maximum absolute atomic E-state index is 9.42. The molecule has 1 aromatic heterocycles. The lowest BCUT2D eigenvalue weighted by molar-refractivity contribution is 0.632. The molecule has 0 atom stereocenters. The van der Waals surface area contributed by atoms with Crippen LogP contribution in [0.25, 0.3) is 77.2 Å². The normalized spacial score (nSPS) is 17.6. The molecule has 0 bridgehead atoms. The van der Waals surface area contributed by atoms with Gasteiger partial charge in [0.1, 0.15) is 11.3 Å². The van der Waals surface area contributed by atoms with Crippen LogP contribution in [0.4, 0.5) is 0 Å². The van der Waals surface area contributed by atoms with Gasteiger partial charge in [0.25, 0.3) is 0 Å². The first kappa shape index (κ1) is 11.6. The Bertz CT molecular complexity index is 3050. The zero-order valence-electron chi connectivity index (χ0n) is 39.0. The number of rotatable bonds is 4. The van der Waals surface area contributed by atoms with Crippen molar-refractivity contribution in [2.24, 2.45) is 0 Å². The van der Waals surface area contributed by atoms with E-state index >= 15 is 0 Å². The second kappa shape index (κ2) is 9.66. The van der Waals surface area contributed by atoms with Gasteiger partial charge in [-0.1, -0.05) is 145 Å². The Labute approximate surface area is 264 Å². The molecule has 0 saturated heterocycles. The molecular weight excluding hydrogens is 496 g/mol. The molecule has 0 spiro atoms. The van der Waals surface area contributed by atoms with E-state index in [1.165, 1.54) is 0 Å². The van der Waals surface area contributed by atoms with Crippen molar-refractivity contribution in [2.45, 2.75) is 0 Å². The van der Waals surface area contributed by atoms with Gasteiger partial charge in [0.05, 0.1) is 24.7 Å². The van der Waals surface area contributed by atoms with Crippen LogP contribution in [0.5, 0.6) is 0 Å². The minimum absolute atomic E-state index is 0.0687. The van der Waals surface area contributed by atoms with E-state index in [-0.39, 0.29) is 27.9 Å². The first-order valence-corrected chi connectivity index (χ1v) is 12.6. The molecule has 192 valence electrons. The van der Waals surface area contributed by atoms with Crippen LogP contribution in [0.15, 0.2) is 162 Å². The van der Waals surface area contributed by atoms with E-state index in [4.69, 9.17) is 23.6 Å². The maximum atomic E-state index is 9.42. The quantitative estimate of drug-likeness (QED) is 0.202. The molecular formula is C40H26O. The lowest BCUT2D eigenvalue weighted by Gasteiger charge is -2.18. The van der Waals surface area contributed by atoms with Gasteiger partial charge in [0, 0.05) is 22.1 Å². The Morgan fingerprint density at radius 3 is 1.54 bits per heavy atom. The van der Waals surface area contributed by atoms with Crippen molar-refractivity contribution in [2.75, 3.05) is 0 Å². The minimum atomic E-state index is -0.814. The van der Waals surface area contributed by atoms with Crippen molar-refractivity contribution in [3.63, 3.8) is 0 Å². The predicted molar refractivity (Wildman–Crippen MR) is 173 cm³/mol. The molecule has 8 aromatic rings. The van der Waals surface area contributed by atoms with Gasteiger partial charge in [-0.05, 0) is 55.9 Å². The fourth-order valence-corrected chi connectivity index (χ4v) is 5.20. The molecule has 1 nitrogen and oxygen atoms in total. The molecule has 0 unspecified atom stereocenters. The summed E-state index contributed by atoms with van der Waals surface area (Å²) in [6.45, 7) is 0. The van der Waals surface area contributed by atoms with Gasteiger partial charge in [-0.25, -0.2) is 0 Å². The standard InChI is InChI=1S/C40H26O/c1-4-14-27(15-5-1)30-24-25-36-35(26-30)39(40(41-36)29-18-8-3-9-19-29)38-33-22-12-10-20-31(33)37(28-16-6-2-7-17-28)32-21-11-13-23-34(32)38/h1-26H/i2D,3D,6D,7D,8D,9D,10D,11D,12D,13D,16D,17D,18D,19D,20D,21D,22D,23D. The zero-order valence-corrected chi connectivity index (χ0v) is 21.0. The number of furan rings is 1. The molecule has 1 heteroatoms. The third-order valence-corrected chi connectivity index (χ3v) is 6.90. The monoisotopic (exact) mass is 540 g/mol. The number of benzene rings is 7. The van der Waals surface area contributed by atoms with Gasteiger partial charge >= 0.3 is 0 Å². The van der Waals surface area contributed by atoms with Gasteiger partial charge in [-0.3, -0.25) is 0 Å². The van der Waals surface area contributed by atoms with Crippen LogP contribution >= 0.6 is 0 Å². The van der Waals surface area contributed by atoms with E-state index in [2.05, 4.69) is 0 Å². The summed E-state index contributed by atoms with van der Waals surface area (Å²) in [4.78, 5) is 0. The second-order valence-electron chi connectivity index (χ2n) is 9.13. The Morgan fingerprint density at radius 1 is 0.390 bits per heavy atom. The van der Waals surface area contributed by atoms with Crippen LogP contribution in [0.2, 0.25) is 0 Å². The Kier molecular flexibility index (Phi) is 2.73. The summed E-state index contributed by atoms with van der Waals surface area (Å²) in [6, 6.07) is 0.0314. The fraction of sp³-hybridized carbons (Fsp3) is 0. The Morgan fingerprint density at radius 2 is 0.927 bits per heavy atom. The molecule has 0 N–H and O–H groups in total. The highest BCUT2D eigenvalue weighted by atomic mass is 16.3. The average molecular weight is 541 g/mol. The van der Waals surface area contributed by atoms with Crippen LogP contribution in [0, 0.1) is 0 Å². The van der Waals surface area contributed by atoms with E-state index in [1.54, 1.807) is 36.4 Å². The summed E-state index contributed by atoms with van der Waals surface area (Å²) in [7, 11) is 0. The molecule has 0 radical (unpaired) electrons. The largest absolute Gasteiger partial charge is 0.455 e. The summed E-state index contributed by atoms with van der Waals surface area (Å²) in [5.74, 6) is -0.389. The molecule has 0 amide bonds. The van der Waals surface area contributed by atoms with Gasteiger partial charge in [-0.2, -0.15) is 0 Å². The summed E-state index contributed by atoms with van der Waals surface area (Å²) in [6.07, 6.45) is 0. The smallest absolute Gasteiger partial charge is 0.143 e. The van der Waals surface area contributed by atoms with Crippen molar-refractivity contribution in [3.8, 4) is 44.7 Å². The first-order valence-electron chi connectivity index (χ1n) is 21.6. The number of fused-ring (bicyclic) bond motifs is 3. The van der Waals surface area contributed by atoms with E-state index in [9.17, 15) is 5.48 Å². The van der Waals surface area contributed by atoms with E-state index in [0.717, 1.165) is 0 Å². The second-order valence-corrected chi connectivity index (χ2v) is 9.13. The van der Waals surface area contributed by atoms with Gasteiger partial charge in [0.15, 0.2) is 0 Å². The molecule has 0 fully saturated rings. The topological polar surface area (TPSA) is 13.1 Å². The van der Waals surface area contributed by atoms with Crippen LogP contribution in [0.1, 0.15) is 24.7 Å². The molecule has 0 saturated carbocycles. The van der Waals surface area contributed by atoms with Gasteiger partial charge < -0.3 is 4.42 Å². The highest BCUT2D eigenvalue weighted by Gasteiger charge is 2.24. The third-order valence-electron chi connectivity index (χ3n) is 6.90. The summed E-state index contributed by atoms with van der Waals surface area (Å²) >= 11 is 0. The van der Waals surface area contributed by atoms with Crippen LogP contribution in [-0.2, 0) is 0 Å². The van der Waals surface area contributed by atoms with E-state index < -0.39 is 147 Å². The molecule has 1 heterocycles. The van der Waals surface area contributed by atoms with Gasteiger partial charge in [0.2, 0.25) is 0 Å². The Hall–Kier alpha value is -5.40. The first-order chi connectivity index (χ1) is 27.8. The van der Waals surface area contributed by atoms with Crippen LogP contribution in [-0.4, -0.2) is 0 Å². The van der Waals surface area contributed by atoms with Crippen molar-refractivity contribution in [1.29, 1.82) is 0 Å². The fourth-order valence-electron chi connectivity index (χ4n) is 5.20. The minimum Gasteiger partial charge on any atom is -0.455 e. The Balaban J connectivity index is 1.77. The van der Waals surface area contributed by atoms with Crippen LogP contribution < -0.4 is 0 Å². The zero-order chi connectivity index (χ0) is 42.8. The third kappa shape index (κ3) is 3.86. The lowest BCUT2D eigenvalue weighted by atomic mass is 9.84. The molecule has 7 aromatic carbocycles. The molecule has 8 rings (SSSR count). The SMILES string of the molecule is [2H]c1c([2H])c([2H])c(-c2oc3ccc(-c4ccccc4)cc3c2-c2c3c([2H])c([2H])c([2H])c([2H])c3c(-c3c([2H])c([2H])c([2H])c([2H])c3[2H])c3c([2H])c([2H])c([2H])c([2H])c23)c([2H])c1[2H]. The van der Waals surface area contributed by atoms with Crippen molar-refractivity contribution < 1.29 is 29.1 Å². The average Bonchev–Trinajstić information content (AvgIpc) is 3.60. The van der Waals surface area contributed by atoms with Crippen molar-refractivity contribution in [3.05, 3.63) is 157 Å². The summed E-state index contributed by atoms with van der Waals surface area (Å²) in [5.41, 5.74) is -0.647. The summed E-state index contributed by atoms with van der Waals surface area (Å²) < 4.78 is 165. The number of hydrogen-bond donors (Lipinski definition) is 0. The number of hydrogen-bond acceptors (Lipinski definition) is 1. The van der Waals surface area contributed by atoms with E-state index in [0.29, 0.717) is 11.1 Å². The highest BCUT2D eigenvalue weighted by molar-refractivity contribution is 6.25. The van der Waals surface area contributed by atoms with Gasteiger partial charge in [-0.15, -0.1) is 0 Å². The van der Waals surface area contributed by atoms with Crippen molar-refractivity contribution >= 4 is 32.5 Å². The molecule has 41 heavy (non-hydrogen) atoms. The maximum Gasteiger partial charge on any atom is 0.143 e. The van der Waals surface area contributed by atoms with E-state index in [1.807, 2.05) is 12.1 Å². The lowest BCUT2D eigenvalue weighted by Crippen LogP contribution is -1.91. The van der Waals surface area contributed by atoms with Crippen LogP contribution in [0.3, 0.4) is 0 Å². The molecule has 0 aliphatic heterocycles.